The molecule has 0 unspecified atom stereocenters. The lowest BCUT2D eigenvalue weighted by Crippen LogP contribution is -2.53. The fourth-order valence-electron chi connectivity index (χ4n) is 4.28. The molecule has 0 aromatic carbocycles. The summed E-state index contributed by atoms with van der Waals surface area (Å²) in [5.74, 6) is 0.457. The second-order valence-corrected chi connectivity index (χ2v) is 7.71. The fourth-order valence-corrected chi connectivity index (χ4v) is 4.28. The summed E-state index contributed by atoms with van der Waals surface area (Å²) in [4.78, 5) is 16.8. The molecule has 0 spiro atoms. The molecule has 1 aliphatic heterocycles. The minimum atomic E-state index is -0.593. The Morgan fingerprint density at radius 1 is 1.44 bits per heavy atom. The van der Waals surface area contributed by atoms with E-state index in [1.54, 1.807) is 4.90 Å². The number of aromatic nitrogens is 2. The van der Waals surface area contributed by atoms with Gasteiger partial charge in [-0.15, -0.1) is 0 Å². The number of likely N-dealkylation sites (N-methyl/N-ethyl adjacent to an activating group) is 1. The van der Waals surface area contributed by atoms with Crippen LogP contribution in [0.15, 0.2) is 6.07 Å². The van der Waals surface area contributed by atoms with Crippen LogP contribution >= 0.6 is 0 Å². The third-order valence-corrected chi connectivity index (χ3v) is 5.91. The molecule has 0 bridgehead atoms. The smallest absolute Gasteiger partial charge is 0.237 e. The van der Waals surface area contributed by atoms with E-state index < -0.39 is 5.54 Å². The second kappa shape index (κ2) is 7.57. The van der Waals surface area contributed by atoms with Crippen molar-refractivity contribution in [1.29, 1.82) is 5.26 Å². The van der Waals surface area contributed by atoms with Gasteiger partial charge >= 0.3 is 0 Å². The first kappa shape index (κ1) is 17.9. The normalized spacial score (nSPS) is 23.8. The minimum absolute atomic E-state index is 0.0716. The van der Waals surface area contributed by atoms with Gasteiger partial charge < -0.3 is 4.90 Å². The summed E-state index contributed by atoms with van der Waals surface area (Å²) in [6, 6.07) is 4.55. The first-order valence-electron chi connectivity index (χ1n) is 9.46. The Balaban J connectivity index is 1.61. The maximum atomic E-state index is 12.8. The van der Waals surface area contributed by atoms with Crippen molar-refractivity contribution < 1.29 is 4.79 Å². The van der Waals surface area contributed by atoms with Crippen LogP contribution in [0.3, 0.4) is 0 Å². The lowest BCUT2D eigenvalue weighted by atomic mass is 9.81. The summed E-state index contributed by atoms with van der Waals surface area (Å²) in [7, 11) is 1.81. The van der Waals surface area contributed by atoms with E-state index in [0.29, 0.717) is 12.5 Å². The highest BCUT2D eigenvalue weighted by molar-refractivity contribution is 5.79. The zero-order valence-electron chi connectivity index (χ0n) is 15.4. The van der Waals surface area contributed by atoms with Crippen molar-refractivity contribution in [2.24, 2.45) is 0 Å². The fraction of sp³-hybridized carbons (Fsp3) is 0.737. The van der Waals surface area contributed by atoms with Crippen LogP contribution in [0.25, 0.3) is 0 Å². The van der Waals surface area contributed by atoms with Crippen molar-refractivity contribution in [3.05, 3.63) is 17.5 Å². The van der Waals surface area contributed by atoms with Crippen molar-refractivity contribution in [2.45, 2.75) is 63.3 Å². The molecule has 25 heavy (non-hydrogen) atoms. The van der Waals surface area contributed by atoms with E-state index in [4.69, 9.17) is 0 Å². The summed E-state index contributed by atoms with van der Waals surface area (Å²) >= 11 is 0. The average molecular weight is 343 g/mol. The largest absolute Gasteiger partial charge is 0.326 e. The van der Waals surface area contributed by atoms with Crippen LogP contribution in [0.5, 0.6) is 0 Å². The standard InChI is InChI=1S/C19H29N5O/c1-15-11-17(22-21-15)16-7-6-10-24(12-16)13-18(25)23(2)19(14-20)8-4-3-5-9-19/h11,16H,3-10,12-13H2,1-2H3,(H,21,22)/t16-/m1/s1. The number of hydrogen-bond acceptors (Lipinski definition) is 4. The molecule has 1 N–H and O–H groups in total. The van der Waals surface area contributed by atoms with Gasteiger partial charge in [-0.3, -0.25) is 14.8 Å². The number of nitrogens with zero attached hydrogens (tertiary/aromatic N) is 4. The molecule has 1 saturated heterocycles. The molecule has 6 heteroatoms. The third-order valence-electron chi connectivity index (χ3n) is 5.91. The van der Waals surface area contributed by atoms with E-state index in [-0.39, 0.29) is 5.91 Å². The van der Waals surface area contributed by atoms with Crippen LogP contribution in [0.1, 0.15) is 62.3 Å². The van der Waals surface area contributed by atoms with Gasteiger partial charge in [0.25, 0.3) is 0 Å². The number of nitriles is 1. The lowest BCUT2D eigenvalue weighted by Gasteiger charge is -2.40. The number of aromatic amines is 1. The highest BCUT2D eigenvalue weighted by atomic mass is 16.2. The molecule has 1 aliphatic carbocycles. The summed E-state index contributed by atoms with van der Waals surface area (Å²) in [5.41, 5.74) is 1.59. The molecule has 2 heterocycles. The summed E-state index contributed by atoms with van der Waals surface area (Å²) in [6.45, 7) is 4.23. The van der Waals surface area contributed by atoms with E-state index in [1.807, 2.05) is 14.0 Å². The van der Waals surface area contributed by atoms with Gasteiger partial charge in [0.2, 0.25) is 5.91 Å². The molecule has 136 valence electrons. The highest BCUT2D eigenvalue weighted by Gasteiger charge is 2.39. The molecule has 2 fully saturated rings. The first-order valence-corrected chi connectivity index (χ1v) is 9.46. The molecule has 1 atom stereocenters. The van der Waals surface area contributed by atoms with Crippen LogP contribution < -0.4 is 0 Å². The van der Waals surface area contributed by atoms with Crippen molar-refractivity contribution in [3.8, 4) is 6.07 Å². The van der Waals surface area contributed by atoms with Crippen LogP contribution in [-0.4, -0.2) is 58.1 Å². The third kappa shape index (κ3) is 3.87. The van der Waals surface area contributed by atoms with Gasteiger partial charge in [-0.2, -0.15) is 10.4 Å². The van der Waals surface area contributed by atoms with Crippen molar-refractivity contribution in [2.75, 3.05) is 26.7 Å². The molecule has 0 radical (unpaired) electrons. The van der Waals surface area contributed by atoms with Crippen molar-refractivity contribution >= 4 is 5.91 Å². The number of carbonyl (C=O) groups is 1. The zero-order chi connectivity index (χ0) is 17.9. The van der Waals surface area contributed by atoms with Gasteiger partial charge in [-0.05, 0) is 45.2 Å². The van der Waals surface area contributed by atoms with Crippen LogP contribution in [0.2, 0.25) is 0 Å². The molecular weight excluding hydrogens is 314 g/mol. The van der Waals surface area contributed by atoms with Crippen molar-refractivity contribution in [1.82, 2.24) is 20.0 Å². The Kier molecular flexibility index (Phi) is 5.43. The number of H-pyrrole nitrogens is 1. The summed E-state index contributed by atoms with van der Waals surface area (Å²) in [6.07, 6.45) is 7.05. The summed E-state index contributed by atoms with van der Waals surface area (Å²) < 4.78 is 0. The van der Waals surface area contributed by atoms with E-state index in [1.165, 1.54) is 6.42 Å². The molecule has 1 aromatic rings. The molecule has 6 nitrogen and oxygen atoms in total. The quantitative estimate of drug-likeness (QED) is 0.912. The maximum Gasteiger partial charge on any atom is 0.237 e. The molecule has 1 amide bonds. The highest BCUT2D eigenvalue weighted by Crippen LogP contribution is 2.33. The number of likely N-dealkylation sites (tertiary alicyclic amines) is 1. The lowest BCUT2D eigenvalue weighted by molar-refractivity contribution is -0.136. The number of amides is 1. The topological polar surface area (TPSA) is 76.0 Å². The van der Waals surface area contributed by atoms with Gasteiger partial charge in [-0.1, -0.05) is 19.3 Å². The number of hydrogen-bond donors (Lipinski definition) is 1. The van der Waals surface area contributed by atoms with Crippen LogP contribution in [0, 0.1) is 18.3 Å². The molecular formula is C19H29N5O. The zero-order valence-corrected chi connectivity index (χ0v) is 15.4. The Morgan fingerprint density at radius 2 is 2.20 bits per heavy atom. The Hall–Kier alpha value is -1.87. The molecule has 3 rings (SSSR count). The first-order chi connectivity index (χ1) is 12.0. The minimum Gasteiger partial charge on any atom is -0.326 e. The van der Waals surface area contributed by atoms with Crippen LogP contribution in [0.4, 0.5) is 0 Å². The number of piperidine rings is 1. The van der Waals surface area contributed by atoms with Crippen LogP contribution in [-0.2, 0) is 4.79 Å². The predicted octanol–water partition coefficient (Wildman–Crippen LogP) is 2.58. The van der Waals surface area contributed by atoms with Gasteiger partial charge in [0.1, 0.15) is 5.54 Å². The maximum absolute atomic E-state index is 12.8. The van der Waals surface area contributed by atoms with E-state index in [9.17, 15) is 10.1 Å². The van der Waals surface area contributed by atoms with Gasteiger partial charge in [0.05, 0.1) is 18.3 Å². The van der Waals surface area contributed by atoms with E-state index in [0.717, 1.165) is 63.0 Å². The molecule has 1 aromatic heterocycles. The van der Waals surface area contributed by atoms with Gasteiger partial charge in [0, 0.05) is 25.2 Å². The van der Waals surface area contributed by atoms with E-state index >= 15 is 0 Å². The van der Waals surface area contributed by atoms with Gasteiger partial charge in [0.15, 0.2) is 0 Å². The molecule has 2 aliphatic rings. The van der Waals surface area contributed by atoms with Crippen molar-refractivity contribution in [3.63, 3.8) is 0 Å². The number of aryl methyl sites for hydroxylation is 1. The average Bonchev–Trinajstić information content (AvgIpc) is 3.08. The number of rotatable bonds is 4. The second-order valence-electron chi connectivity index (χ2n) is 7.71. The number of nitrogens with one attached hydrogen (secondary N) is 1. The SMILES string of the molecule is Cc1cc([C@@H]2CCCN(CC(=O)N(C)C3(C#N)CCCCC3)C2)n[nH]1. The Labute approximate surface area is 150 Å². The predicted molar refractivity (Wildman–Crippen MR) is 95.9 cm³/mol. The summed E-state index contributed by atoms with van der Waals surface area (Å²) in [5, 5.41) is 17.1. The number of carbonyl (C=O) groups excluding carboxylic acids is 1. The monoisotopic (exact) mass is 343 g/mol. The Bertz CT molecular complexity index is 640. The molecule has 1 saturated carbocycles. The Morgan fingerprint density at radius 3 is 2.84 bits per heavy atom. The van der Waals surface area contributed by atoms with Gasteiger partial charge in [-0.25, -0.2) is 0 Å². The van der Waals surface area contributed by atoms with E-state index in [2.05, 4.69) is 27.2 Å².